The van der Waals surface area contributed by atoms with Crippen LogP contribution in [-0.4, -0.2) is 11.9 Å². The molecule has 0 heterocycles. The van der Waals surface area contributed by atoms with Crippen LogP contribution in [0.2, 0.25) is 0 Å². The first-order valence-electron chi connectivity index (χ1n) is 8.83. The molecule has 1 atom stereocenters. The lowest BCUT2D eigenvalue weighted by Gasteiger charge is -2.19. The van der Waals surface area contributed by atoms with Gasteiger partial charge in [0.15, 0.2) is 0 Å². The highest BCUT2D eigenvalue weighted by Gasteiger charge is 2.26. The van der Waals surface area contributed by atoms with E-state index in [0.717, 1.165) is 11.1 Å². The van der Waals surface area contributed by atoms with Crippen LogP contribution in [0.5, 0.6) is 0 Å². The summed E-state index contributed by atoms with van der Waals surface area (Å²) in [6, 6.07) is 19.6. The fourth-order valence-electron chi connectivity index (χ4n) is 2.77. The number of anilines is 1. The number of amides is 1. The first-order valence-corrected chi connectivity index (χ1v) is 8.83. The van der Waals surface area contributed by atoms with E-state index in [9.17, 15) is 14.0 Å². The average Bonchev–Trinajstić information content (AvgIpc) is 2.70. The predicted molar refractivity (Wildman–Crippen MR) is 106 cm³/mol. The quantitative estimate of drug-likeness (QED) is 0.638. The van der Waals surface area contributed by atoms with Gasteiger partial charge in [-0.3, -0.25) is 4.79 Å². The molecule has 3 rings (SSSR count). The Morgan fingerprint density at radius 3 is 2.29 bits per heavy atom. The van der Waals surface area contributed by atoms with Crippen molar-refractivity contribution in [1.82, 2.24) is 0 Å². The van der Waals surface area contributed by atoms with Crippen LogP contribution in [0.4, 0.5) is 10.1 Å². The third-order valence-electron chi connectivity index (χ3n) is 4.29. The number of aryl methyl sites for hydroxylation is 2. The minimum absolute atomic E-state index is 0.404. The van der Waals surface area contributed by atoms with Gasteiger partial charge in [0.2, 0.25) is 6.10 Å². The largest absolute Gasteiger partial charge is 0.444 e. The summed E-state index contributed by atoms with van der Waals surface area (Å²) in [4.78, 5) is 25.6. The van der Waals surface area contributed by atoms with Crippen LogP contribution >= 0.6 is 0 Å². The number of hydrogen-bond donors (Lipinski definition) is 1. The summed E-state index contributed by atoms with van der Waals surface area (Å²) in [7, 11) is 0. The Labute approximate surface area is 163 Å². The third kappa shape index (κ3) is 4.62. The lowest BCUT2D eigenvalue weighted by atomic mass is 10.1. The molecule has 0 aliphatic rings. The number of benzene rings is 3. The predicted octanol–water partition coefficient (Wildman–Crippen LogP) is 4.98. The molecule has 0 spiro atoms. The molecular formula is C23H20FNO3. The van der Waals surface area contributed by atoms with Crippen molar-refractivity contribution in [3.05, 3.63) is 101 Å². The molecule has 0 aliphatic carbocycles. The van der Waals surface area contributed by atoms with Crippen LogP contribution in [-0.2, 0) is 9.53 Å². The van der Waals surface area contributed by atoms with Gasteiger partial charge in [-0.25, -0.2) is 9.18 Å². The van der Waals surface area contributed by atoms with Gasteiger partial charge in [0.05, 0.1) is 5.56 Å². The van der Waals surface area contributed by atoms with Crippen LogP contribution in [0.25, 0.3) is 0 Å². The van der Waals surface area contributed by atoms with Crippen LogP contribution in [0.3, 0.4) is 0 Å². The minimum atomic E-state index is -1.14. The second-order valence-corrected chi connectivity index (χ2v) is 6.51. The molecule has 0 radical (unpaired) electrons. The lowest BCUT2D eigenvalue weighted by molar-refractivity contribution is -0.125. The van der Waals surface area contributed by atoms with Crippen molar-refractivity contribution in [2.45, 2.75) is 20.0 Å². The van der Waals surface area contributed by atoms with Crippen molar-refractivity contribution in [1.29, 1.82) is 0 Å². The zero-order valence-corrected chi connectivity index (χ0v) is 15.6. The van der Waals surface area contributed by atoms with Gasteiger partial charge in [0.25, 0.3) is 5.91 Å². The summed E-state index contributed by atoms with van der Waals surface area (Å²) in [6.45, 7) is 3.69. The fourth-order valence-corrected chi connectivity index (χ4v) is 2.77. The van der Waals surface area contributed by atoms with Gasteiger partial charge in [-0.15, -0.1) is 0 Å². The van der Waals surface area contributed by atoms with Gasteiger partial charge >= 0.3 is 5.97 Å². The minimum Gasteiger partial charge on any atom is -0.444 e. The normalized spacial score (nSPS) is 11.5. The highest BCUT2D eigenvalue weighted by atomic mass is 19.1. The van der Waals surface area contributed by atoms with E-state index < -0.39 is 23.8 Å². The number of carbonyl (C=O) groups is 2. The van der Waals surface area contributed by atoms with E-state index in [2.05, 4.69) is 5.32 Å². The molecule has 0 bridgehead atoms. The second-order valence-electron chi connectivity index (χ2n) is 6.51. The Morgan fingerprint density at radius 2 is 1.61 bits per heavy atom. The van der Waals surface area contributed by atoms with Crippen molar-refractivity contribution >= 4 is 17.6 Å². The Bertz CT molecular complexity index is 984. The topological polar surface area (TPSA) is 55.4 Å². The molecule has 0 fully saturated rings. The molecule has 142 valence electrons. The maximum atomic E-state index is 13.1. The van der Waals surface area contributed by atoms with E-state index in [-0.39, 0.29) is 0 Å². The molecule has 3 aromatic rings. The van der Waals surface area contributed by atoms with E-state index >= 15 is 0 Å². The highest BCUT2D eigenvalue weighted by molar-refractivity contribution is 5.98. The van der Waals surface area contributed by atoms with Gasteiger partial charge in [-0.1, -0.05) is 48.0 Å². The fraction of sp³-hybridized carbons (Fsp3) is 0.130. The molecule has 3 aromatic carbocycles. The smallest absolute Gasteiger partial charge is 0.339 e. The maximum absolute atomic E-state index is 13.1. The van der Waals surface area contributed by atoms with Gasteiger partial charge in [0, 0.05) is 11.3 Å². The van der Waals surface area contributed by atoms with Crippen molar-refractivity contribution in [2.75, 3.05) is 5.32 Å². The van der Waals surface area contributed by atoms with Crippen molar-refractivity contribution in [3.63, 3.8) is 0 Å². The van der Waals surface area contributed by atoms with Gasteiger partial charge in [-0.2, -0.15) is 0 Å². The summed E-state index contributed by atoms with van der Waals surface area (Å²) < 4.78 is 18.7. The van der Waals surface area contributed by atoms with Gasteiger partial charge in [-0.05, 0) is 49.7 Å². The second kappa shape index (κ2) is 8.48. The molecule has 28 heavy (non-hydrogen) atoms. The molecule has 1 N–H and O–H groups in total. The van der Waals surface area contributed by atoms with Crippen LogP contribution in [0, 0.1) is 19.7 Å². The molecule has 0 unspecified atom stereocenters. The number of halogens is 1. The molecule has 1 amide bonds. The van der Waals surface area contributed by atoms with E-state index in [1.165, 1.54) is 24.3 Å². The number of carbonyl (C=O) groups excluding carboxylic acids is 2. The number of rotatable bonds is 5. The zero-order chi connectivity index (χ0) is 20.1. The van der Waals surface area contributed by atoms with Crippen molar-refractivity contribution in [2.24, 2.45) is 0 Å². The maximum Gasteiger partial charge on any atom is 0.339 e. The van der Waals surface area contributed by atoms with Gasteiger partial charge in [0.1, 0.15) is 5.82 Å². The molecule has 4 nitrogen and oxygen atoms in total. The standard InChI is InChI=1S/C23H20FNO3/c1-15-8-9-16(2)20(14-15)23(27)28-21(17-6-4-3-5-7-17)22(26)25-19-12-10-18(24)11-13-19/h3-14,21H,1-2H3,(H,25,26)/t21-/m0/s1. The van der Waals surface area contributed by atoms with Gasteiger partial charge < -0.3 is 10.1 Å². The number of esters is 1. The molecule has 0 saturated heterocycles. The summed E-state index contributed by atoms with van der Waals surface area (Å²) in [6.07, 6.45) is -1.14. The Hall–Kier alpha value is -3.47. The Kier molecular flexibility index (Phi) is 5.84. The summed E-state index contributed by atoms with van der Waals surface area (Å²) in [5.41, 5.74) is 3.05. The number of ether oxygens (including phenoxy) is 1. The SMILES string of the molecule is Cc1ccc(C)c(C(=O)O[C@H](C(=O)Nc2ccc(F)cc2)c2ccccc2)c1. The van der Waals surface area contributed by atoms with E-state index in [1.807, 2.05) is 32.0 Å². The van der Waals surface area contributed by atoms with Crippen LogP contribution < -0.4 is 5.32 Å². The number of hydrogen-bond acceptors (Lipinski definition) is 3. The van der Waals surface area contributed by atoms with Crippen LogP contribution in [0.15, 0.2) is 72.8 Å². The van der Waals surface area contributed by atoms with E-state index in [0.29, 0.717) is 16.8 Å². The highest BCUT2D eigenvalue weighted by Crippen LogP contribution is 2.23. The Balaban J connectivity index is 1.87. The first kappa shape index (κ1) is 19.3. The molecule has 5 heteroatoms. The molecule has 0 aliphatic heterocycles. The number of nitrogens with one attached hydrogen (secondary N) is 1. The summed E-state index contributed by atoms with van der Waals surface area (Å²) >= 11 is 0. The van der Waals surface area contributed by atoms with E-state index in [4.69, 9.17) is 4.74 Å². The average molecular weight is 377 g/mol. The summed E-state index contributed by atoms with van der Waals surface area (Å²) in [5.74, 6) is -1.50. The molecule has 0 saturated carbocycles. The van der Waals surface area contributed by atoms with E-state index in [1.54, 1.807) is 30.3 Å². The monoisotopic (exact) mass is 377 g/mol. The van der Waals surface area contributed by atoms with Crippen LogP contribution in [0.1, 0.15) is 33.2 Å². The van der Waals surface area contributed by atoms with Crippen molar-refractivity contribution in [3.8, 4) is 0 Å². The summed E-state index contributed by atoms with van der Waals surface area (Å²) in [5, 5.41) is 2.67. The lowest BCUT2D eigenvalue weighted by Crippen LogP contribution is -2.26. The van der Waals surface area contributed by atoms with Crippen molar-refractivity contribution < 1.29 is 18.7 Å². The molecule has 0 aromatic heterocycles. The Morgan fingerprint density at radius 1 is 0.929 bits per heavy atom. The molecular weight excluding hydrogens is 357 g/mol. The third-order valence-corrected chi connectivity index (χ3v) is 4.29. The first-order chi connectivity index (χ1) is 13.4. The zero-order valence-electron chi connectivity index (χ0n) is 15.6.